The number of thiophene rings is 1. The van der Waals surface area contributed by atoms with Crippen molar-refractivity contribution in [1.82, 2.24) is 0 Å². The molecular weight excluding hydrogens is 214 g/mol. The van der Waals surface area contributed by atoms with Gasteiger partial charge in [-0.25, -0.2) is 0 Å². The summed E-state index contributed by atoms with van der Waals surface area (Å²) in [7, 11) is 0. The van der Waals surface area contributed by atoms with Crippen molar-refractivity contribution in [3.05, 3.63) is 32.5 Å². The maximum absolute atomic E-state index is 10.8. The van der Waals surface area contributed by atoms with E-state index in [0.717, 1.165) is 11.2 Å². The van der Waals surface area contributed by atoms with Crippen molar-refractivity contribution in [2.45, 2.75) is 19.3 Å². The predicted octanol–water partition coefficient (Wildman–Crippen LogP) is 2.33. The fourth-order valence-corrected chi connectivity index (χ4v) is 2.47. The summed E-state index contributed by atoms with van der Waals surface area (Å²) >= 11 is 1.47. The highest BCUT2D eigenvalue weighted by Gasteiger charge is 2.27. The summed E-state index contributed by atoms with van der Waals surface area (Å²) in [6.07, 6.45) is 1.47. The van der Waals surface area contributed by atoms with Gasteiger partial charge in [0.25, 0.3) is 0 Å². The normalized spacial score (nSPS) is 14.5. The molecule has 0 fully saturated rings. The van der Waals surface area contributed by atoms with Gasteiger partial charge in [-0.1, -0.05) is 13.0 Å². The van der Waals surface area contributed by atoms with Crippen molar-refractivity contribution in [2.75, 3.05) is 6.54 Å². The summed E-state index contributed by atoms with van der Waals surface area (Å²) in [4.78, 5) is 21.9. The Morgan fingerprint density at radius 3 is 2.80 bits per heavy atom. The molecule has 82 valence electrons. The van der Waals surface area contributed by atoms with E-state index in [4.69, 9.17) is 0 Å². The average Bonchev–Trinajstić information content (AvgIpc) is 2.70. The number of hydrogen-bond acceptors (Lipinski definition) is 4. The lowest BCUT2D eigenvalue weighted by molar-refractivity contribution is -0.484. The smallest absolute Gasteiger partial charge is 0.212 e. The van der Waals surface area contributed by atoms with Gasteiger partial charge in [-0.15, -0.1) is 11.3 Å². The fourth-order valence-electron chi connectivity index (χ4n) is 1.57. The Labute approximate surface area is 92.1 Å². The summed E-state index contributed by atoms with van der Waals surface area (Å²) in [5, 5.41) is 12.4. The Bertz CT molecular complexity index is 323. The maximum atomic E-state index is 10.8. The van der Waals surface area contributed by atoms with Crippen LogP contribution in [-0.2, 0) is 4.79 Å². The van der Waals surface area contributed by atoms with Crippen LogP contribution in [0.2, 0.25) is 0 Å². The van der Waals surface area contributed by atoms with Gasteiger partial charge >= 0.3 is 0 Å². The minimum atomic E-state index is -0.351. The van der Waals surface area contributed by atoms with Crippen LogP contribution >= 0.6 is 11.3 Å². The largest absolute Gasteiger partial charge is 0.303 e. The molecule has 0 aliphatic carbocycles. The van der Waals surface area contributed by atoms with E-state index in [-0.39, 0.29) is 23.3 Å². The minimum absolute atomic E-state index is 0.169. The molecule has 0 saturated carbocycles. The molecule has 0 aromatic carbocycles. The third kappa shape index (κ3) is 3.13. The maximum Gasteiger partial charge on any atom is 0.212 e. The highest BCUT2D eigenvalue weighted by molar-refractivity contribution is 7.10. The van der Waals surface area contributed by atoms with E-state index >= 15 is 0 Å². The van der Waals surface area contributed by atoms with Gasteiger partial charge in [0, 0.05) is 15.7 Å². The molecular formula is C10H13NO3S. The van der Waals surface area contributed by atoms with Crippen LogP contribution in [-0.4, -0.2) is 17.8 Å². The zero-order valence-electron chi connectivity index (χ0n) is 8.46. The van der Waals surface area contributed by atoms with E-state index in [1.165, 1.54) is 11.3 Å². The number of nitrogens with zero attached hydrogens (tertiary/aromatic N) is 1. The van der Waals surface area contributed by atoms with Gasteiger partial charge in [0.1, 0.15) is 6.29 Å². The summed E-state index contributed by atoms with van der Waals surface area (Å²) in [6.45, 7) is 1.71. The molecule has 0 unspecified atom stereocenters. The molecule has 1 aromatic heterocycles. The van der Waals surface area contributed by atoms with E-state index in [0.29, 0.717) is 6.42 Å². The topological polar surface area (TPSA) is 60.2 Å². The van der Waals surface area contributed by atoms with Crippen LogP contribution in [0, 0.1) is 16.0 Å². The second-order valence-corrected chi connectivity index (χ2v) is 4.32. The van der Waals surface area contributed by atoms with E-state index in [1.54, 1.807) is 0 Å². The van der Waals surface area contributed by atoms with Crippen molar-refractivity contribution >= 4 is 17.6 Å². The van der Waals surface area contributed by atoms with Crippen LogP contribution < -0.4 is 0 Å². The van der Waals surface area contributed by atoms with Gasteiger partial charge in [0.15, 0.2) is 0 Å². The second-order valence-electron chi connectivity index (χ2n) is 3.35. The Morgan fingerprint density at radius 2 is 2.40 bits per heavy atom. The molecule has 0 saturated heterocycles. The molecule has 1 rings (SSSR count). The highest BCUT2D eigenvalue weighted by atomic mass is 32.1. The first kappa shape index (κ1) is 11.8. The summed E-state index contributed by atoms with van der Waals surface area (Å²) in [6, 6.07) is 3.70. The van der Waals surface area contributed by atoms with Crippen molar-refractivity contribution in [2.24, 2.45) is 5.92 Å². The molecule has 0 N–H and O–H groups in total. The zero-order valence-corrected chi connectivity index (χ0v) is 9.28. The number of carbonyl (C=O) groups is 1. The Morgan fingerprint density at radius 1 is 1.67 bits per heavy atom. The van der Waals surface area contributed by atoms with Gasteiger partial charge in [0.2, 0.25) is 6.54 Å². The lowest BCUT2D eigenvalue weighted by atomic mass is 9.90. The van der Waals surface area contributed by atoms with Crippen molar-refractivity contribution < 1.29 is 9.72 Å². The van der Waals surface area contributed by atoms with E-state index in [1.807, 2.05) is 24.4 Å². The monoisotopic (exact) mass is 227 g/mol. The molecule has 2 atom stereocenters. The molecule has 0 bridgehead atoms. The van der Waals surface area contributed by atoms with E-state index in [9.17, 15) is 14.9 Å². The third-order valence-corrected chi connectivity index (χ3v) is 3.42. The number of carbonyl (C=O) groups excluding carboxylic acids is 1. The molecule has 4 nitrogen and oxygen atoms in total. The van der Waals surface area contributed by atoms with Gasteiger partial charge in [-0.3, -0.25) is 10.1 Å². The van der Waals surface area contributed by atoms with E-state index < -0.39 is 0 Å². The van der Waals surface area contributed by atoms with Gasteiger partial charge < -0.3 is 4.79 Å². The first-order valence-corrected chi connectivity index (χ1v) is 5.67. The highest BCUT2D eigenvalue weighted by Crippen LogP contribution is 2.29. The standard InChI is InChI=1S/C10H13NO3S/c1-2-8(7-12)9(6-11(13)14)10-4-3-5-15-10/h3-5,7-9H,2,6H2,1H3/t8-,9+/m0/s1. The van der Waals surface area contributed by atoms with Crippen LogP contribution in [0.5, 0.6) is 0 Å². The Balaban J connectivity index is 2.86. The summed E-state index contributed by atoms with van der Waals surface area (Å²) in [5.41, 5.74) is 0. The predicted molar refractivity (Wildman–Crippen MR) is 58.8 cm³/mol. The average molecular weight is 227 g/mol. The molecule has 0 aliphatic rings. The fraction of sp³-hybridized carbons (Fsp3) is 0.500. The van der Waals surface area contributed by atoms with Gasteiger partial charge in [-0.05, 0) is 17.9 Å². The van der Waals surface area contributed by atoms with Crippen LogP contribution in [0.25, 0.3) is 0 Å². The van der Waals surface area contributed by atoms with Crippen molar-refractivity contribution in [1.29, 1.82) is 0 Å². The SMILES string of the molecule is CC[C@@H](C=O)[C@@H](C[N+](=O)[O-])c1cccs1. The third-order valence-electron chi connectivity index (χ3n) is 2.42. The van der Waals surface area contributed by atoms with Gasteiger partial charge in [-0.2, -0.15) is 0 Å². The van der Waals surface area contributed by atoms with Gasteiger partial charge in [0.05, 0.1) is 5.92 Å². The lowest BCUT2D eigenvalue weighted by Gasteiger charge is -2.16. The first-order chi connectivity index (χ1) is 7.19. The molecule has 0 spiro atoms. The molecule has 15 heavy (non-hydrogen) atoms. The second kappa shape index (κ2) is 5.60. The number of rotatable bonds is 6. The molecule has 0 radical (unpaired) electrons. The van der Waals surface area contributed by atoms with Crippen LogP contribution in [0.1, 0.15) is 24.1 Å². The van der Waals surface area contributed by atoms with Crippen LogP contribution in [0.4, 0.5) is 0 Å². The zero-order chi connectivity index (χ0) is 11.3. The minimum Gasteiger partial charge on any atom is -0.303 e. The number of aldehydes is 1. The molecule has 1 aromatic rings. The summed E-state index contributed by atoms with van der Waals surface area (Å²) < 4.78 is 0. The lowest BCUT2D eigenvalue weighted by Crippen LogP contribution is -2.21. The Kier molecular flexibility index (Phi) is 4.42. The molecule has 0 amide bonds. The van der Waals surface area contributed by atoms with Crippen LogP contribution in [0.15, 0.2) is 17.5 Å². The van der Waals surface area contributed by atoms with E-state index in [2.05, 4.69) is 0 Å². The molecule has 5 heteroatoms. The van der Waals surface area contributed by atoms with Crippen molar-refractivity contribution in [3.8, 4) is 0 Å². The summed E-state index contributed by atoms with van der Waals surface area (Å²) in [5.74, 6) is -0.531. The number of hydrogen-bond donors (Lipinski definition) is 0. The van der Waals surface area contributed by atoms with Crippen molar-refractivity contribution in [3.63, 3.8) is 0 Å². The van der Waals surface area contributed by atoms with Crippen LogP contribution in [0.3, 0.4) is 0 Å². The Hall–Kier alpha value is -1.23. The molecule has 0 aliphatic heterocycles. The quantitative estimate of drug-likeness (QED) is 0.425. The first-order valence-electron chi connectivity index (χ1n) is 4.79. The molecule has 1 heterocycles. The number of nitro groups is 1.